The van der Waals surface area contributed by atoms with E-state index in [1.54, 1.807) is 37.4 Å². The van der Waals surface area contributed by atoms with Crippen molar-refractivity contribution in [3.63, 3.8) is 0 Å². The van der Waals surface area contributed by atoms with E-state index in [1.807, 2.05) is 0 Å². The van der Waals surface area contributed by atoms with Crippen molar-refractivity contribution >= 4 is 11.6 Å². The minimum absolute atomic E-state index is 0.0237. The lowest BCUT2D eigenvalue weighted by atomic mass is 9.74. The highest BCUT2D eigenvalue weighted by atomic mass is 19.4. The van der Waals surface area contributed by atoms with Crippen LogP contribution in [0.15, 0.2) is 42.7 Å². The van der Waals surface area contributed by atoms with Gasteiger partial charge in [-0.25, -0.2) is 4.39 Å². The van der Waals surface area contributed by atoms with Gasteiger partial charge in [0.15, 0.2) is 12.0 Å². The molecule has 1 amide bonds. The Hall–Kier alpha value is -3.31. The molecule has 11 heteroatoms. The second kappa shape index (κ2) is 9.71. The second-order valence-electron chi connectivity index (χ2n) is 10.8. The zero-order valence-corrected chi connectivity index (χ0v) is 21.5. The molecular weight excluding hydrogens is 514 g/mol. The number of fused-ring (bicyclic) bond motifs is 1. The number of aromatic nitrogens is 3. The molecule has 1 atom stereocenters. The number of aryl methyl sites for hydroxylation is 1. The smallest absolute Gasteiger partial charge is 0.379 e. The van der Waals surface area contributed by atoms with Gasteiger partial charge in [-0.15, -0.1) is 10.2 Å². The summed E-state index contributed by atoms with van der Waals surface area (Å²) < 4.78 is 65.3. The quantitative estimate of drug-likeness (QED) is 0.412. The van der Waals surface area contributed by atoms with E-state index in [9.17, 15) is 18.0 Å². The van der Waals surface area contributed by atoms with Crippen LogP contribution in [-0.2, 0) is 36.5 Å². The largest absolute Gasteiger partial charge is 0.416 e. The molecule has 0 unspecified atom stereocenters. The summed E-state index contributed by atoms with van der Waals surface area (Å²) in [6, 6.07) is 9.58. The average Bonchev–Trinajstić information content (AvgIpc) is 3.46. The van der Waals surface area contributed by atoms with E-state index < -0.39 is 29.2 Å². The Morgan fingerprint density at radius 1 is 1.10 bits per heavy atom. The molecule has 0 spiro atoms. The van der Waals surface area contributed by atoms with Gasteiger partial charge in [-0.3, -0.25) is 9.69 Å². The zero-order chi connectivity index (χ0) is 27.4. The number of piperidine rings is 1. The minimum atomic E-state index is -4.59. The predicted octanol–water partition coefficient (Wildman–Crippen LogP) is 4.96. The first kappa shape index (κ1) is 25.9. The number of likely N-dealkylation sites (tertiary alicyclic amines) is 1. The van der Waals surface area contributed by atoms with Gasteiger partial charge in [-0.1, -0.05) is 18.6 Å². The number of halogens is 4. The van der Waals surface area contributed by atoms with Crippen LogP contribution in [0.5, 0.6) is 0 Å². The highest BCUT2D eigenvalue weighted by molar-refractivity contribution is 6.10. The molecule has 7 nitrogen and oxygen atoms in total. The maximum Gasteiger partial charge on any atom is 0.416 e. The van der Waals surface area contributed by atoms with Gasteiger partial charge in [0, 0.05) is 24.8 Å². The lowest BCUT2D eigenvalue weighted by Gasteiger charge is -2.43. The van der Waals surface area contributed by atoms with Crippen molar-refractivity contribution in [2.75, 3.05) is 31.2 Å². The van der Waals surface area contributed by atoms with Gasteiger partial charge in [0.05, 0.1) is 30.7 Å². The number of carbonyl (C=O) groups excluding carboxylic acids is 1. The molecule has 0 radical (unpaired) electrons. The Morgan fingerprint density at radius 3 is 2.51 bits per heavy atom. The number of hydrogen-bond donors (Lipinski definition) is 0. The Kier molecular flexibility index (Phi) is 6.46. The molecule has 2 aromatic carbocycles. The standard InChI is InChI=1S/C28H29F4N5O2/c1-35-17-33-34-25(35)24(29)27(15-39-16-27)19-6-5-7-20(12-19)37-14-22-21(26(37)38)10-18(11-23(22)28(30,31)32)13-36-8-3-2-4-9-36/h5-7,10-12,17,24H,2-4,8-9,13-16H2,1H3/t24-/m1/s1. The molecule has 0 saturated carbocycles. The van der Waals surface area contributed by atoms with Crippen molar-refractivity contribution in [3.05, 3.63) is 76.4 Å². The van der Waals surface area contributed by atoms with Crippen LogP contribution >= 0.6 is 0 Å². The van der Waals surface area contributed by atoms with Crippen LogP contribution in [0.3, 0.4) is 0 Å². The van der Waals surface area contributed by atoms with E-state index in [0.29, 0.717) is 23.4 Å². The van der Waals surface area contributed by atoms with Crippen molar-refractivity contribution in [1.29, 1.82) is 0 Å². The van der Waals surface area contributed by atoms with Crippen LogP contribution in [0.4, 0.5) is 23.2 Å². The summed E-state index contributed by atoms with van der Waals surface area (Å²) >= 11 is 0. The third-order valence-electron chi connectivity index (χ3n) is 8.17. The van der Waals surface area contributed by atoms with Crippen LogP contribution in [0.25, 0.3) is 0 Å². The fourth-order valence-corrected chi connectivity index (χ4v) is 5.93. The molecule has 0 aliphatic carbocycles. The van der Waals surface area contributed by atoms with E-state index in [0.717, 1.165) is 32.4 Å². The van der Waals surface area contributed by atoms with Crippen LogP contribution in [0, 0.1) is 0 Å². The Labute approximate surface area is 223 Å². The molecule has 0 N–H and O–H groups in total. The predicted molar refractivity (Wildman–Crippen MR) is 135 cm³/mol. The topological polar surface area (TPSA) is 63.5 Å². The van der Waals surface area contributed by atoms with Crippen LogP contribution in [0.1, 0.15) is 63.9 Å². The molecule has 6 rings (SSSR count). The van der Waals surface area contributed by atoms with Crippen molar-refractivity contribution in [3.8, 4) is 0 Å². The summed E-state index contributed by atoms with van der Waals surface area (Å²) in [7, 11) is 1.66. The van der Waals surface area contributed by atoms with Crippen molar-refractivity contribution in [2.24, 2.45) is 7.05 Å². The second-order valence-corrected chi connectivity index (χ2v) is 10.8. The van der Waals surface area contributed by atoms with Gasteiger partial charge < -0.3 is 14.2 Å². The maximum absolute atomic E-state index is 15.8. The Balaban J connectivity index is 1.33. The lowest BCUT2D eigenvalue weighted by Crippen LogP contribution is -2.50. The van der Waals surface area contributed by atoms with E-state index in [1.165, 1.54) is 21.9 Å². The van der Waals surface area contributed by atoms with Crippen molar-refractivity contribution in [2.45, 2.75) is 50.1 Å². The summed E-state index contributed by atoms with van der Waals surface area (Å²) in [4.78, 5) is 17.0. The molecule has 3 aromatic rings. The Bertz CT molecular complexity index is 1390. The summed E-state index contributed by atoms with van der Waals surface area (Å²) in [5, 5.41) is 7.70. The van der Waals surface area contributed by atoms with Crippen molar-refractivity contribution < 1.29 is 27.1 Å². The highest BCUT2D eigenvalue weighted by Gasteiger charge is 2.51. The SMILES string of the molecule is Cn1cnnc1[C@@H](F)C1(c2cccc(N3Cc4c(cc(CN5CCCCC5)cc4C(F)(F)F)C3=O)c2)COC1. The number of hydrogen-bond acceptors (Lipinski definition) is 5. The number of rotatable bonds is 6. The molecular formula is C28H29F4N5O2. The van der Waals surface area contributed by atoms with Crippen LogP contribution < -0.4 is 4.90 Å². The number of amides is 1. The fraction of sp³-hybridized carbons (Fsp3) is 0.464. The van der Waals surface area contributed by atoms with E-state index >= 15 is 4.39 Å². The third kappa shape index (κ3) is 4.51. The van der Waals surface area contributed by atoms with Gasteiger partial charge in [-0.2, -0.15) is 13.2 Å². The van der Waals surface area contributed by atoms with Gasteiger partial charge in [-0.05, 0) is 66.9 Å². The van der Waals surface area contributed by atoms with E-state index in [4.69, 9.17) is 4.74 Å². The first-order chi connectivity index (χ1) is 18.7. The van der Waals surface area contributed by atoms with E-state index in [-0.39, 0.29) is 36.7 Å². The van der Waals surface area contributed by atoms with Gasteiger partial charge >= 0.3 is 6.18 Å². The number of anilines is 1. The van der Waals surface area contributed by atoms with E-state index in [2.05, 4.69) is 15.1 Å². The fourth-order valence-electron chi connectivity index (χ4n) is 5.93. The summed E-state index contributed by atoms with van der Waals surface area (Å²) in [5.74, 6) is -0.332. The number of ether oxygens (including phenoxy) is 1. The van der Waals surface area contributed by atoms with Gasteiger partial charge in [0.25, 0.3) is 5.91 Å². The normalized spacial score (nSPS) is 20.1. The Morgan fingerprint density at radius 2 is 1.87 bits per heavy atom. The number of alkyl halides is 4. The first-order valence-electron chi connectivity index (χ1n) is 13.1. The number of benzene rings is 2. The highest BCUT2D eigenvalue weighted by Crippen LogP contribution is 2.46. The number of nitrogens with zero attached hydrogens (tertiary/aromatic N) is 5. The molecule has 2 saturated heterocycles. The molecule has 39 heavy (non-hydrogen) atoms. The monoisotopic (exact) mass is 543 g/mol. The first-order valence-corrected chi connectivity index (χ1v) is 13.1. The zero-order valence-electron chi connectivity index (χ0n) is 21.5. The minimum Gasteiger partial charge on any atom is -0.379 e. The molecule has 206 valence electrons. The summed E-state index contributed by atoms with van der Waals surface area (Å²) in [5.41, 5.74) is -0.264. The van der Waals surface area contributed by atoms with Gasteiger partial charge in [0.2, 0.25) is 0 Å². The lowest BCUT2D eigenvalue weighted by molar-refractivity contribution is -0.138. The summed E-state index contributed by atoms with van der Waals surface area (Å²) in [6.45, 7) is 2.05. The van der Waals surface area contributed by atoms with Crippen LogP contribution in [0.2, 0.25) is 0 Å². The third-order valence-corrected chi connectivity index (χ3v) is 8.17. The molecule has 1 aromatic heterocycles. The summed E-state index contributed by atoms with van der Waals surface area (Å²) in [6.07, 6.45) is -1.54. The molecule has 3 aliphatic rings. The van der Waals surface area contributed by atoms with Crippen molar-refractivity contribution in [1.82, 2.24) is 19.7 Å². The number of carbonyl (C=O) groups is 1. The molecule has 0 bridgehead atoms. The molecule has 2 fully saturated rings. The van der Waals surface area contributed by atoms with Gasteiger partial charge in [0.1, 0.15) is 6.33 Å². The molecule has 4 heterocycles. The average molecular weight is 544 g/mol. The van der Waals surface area contributed by atoms with Crippen LogP contribution in [-0.4, -0.2) is 51.9 Å². The molecule has 3 aliphatic heterocycles. The maximum atomic E-state index is 15.8.